The van der Waals surface area contributed by atoms with Crippen molar-refractivity contribution in [2.45, 2.75) is 37.5 Å². The SMILES string of the molecule is CN(C)C(=O)c1ccc(N2CCC3(CC2)CC3CCN(C)C(=O)[C@@](O)(c2ccccc2)C(F)(F)F)cc1Cl. The summed E-state index contributed by atoms with van der Waals surface area (Å²) in [5.74, 6) is -1.20. The zero-order chi connectivity index (χ0) is 27.9. The molecule has 1 saturated carbocycles. The number of rotatable bonds is 7. The molecular formula is C28H33ClF3N3O3. The summed E-state index contributed by atoms with van der Waals surface area (Å²) in [6.07, 6.45) is -1.72. The number of anilines is 1. The minimum Gasteiger partial charge on any atom is -0.371 e. The minimum absolute atomic E-state index is 0.130. The molecule has 2 fully saturated rings. The Morgan fingerprint density at radius 3 is 2.26 bits per heavy atom. The number of piperidine rings is 1. The predicted molar refractivity (Wildman–Crippen MR) is 140 cm³/mol. The summed E-state index contributed by atoms with van der Waals surface area (Å²) >= 11 is 6.38. The van der Waals surface area contributed by atoms with Crippen molar-refractivity contribution >= 4 is 29.1 Å². The number of aliphatic hydroxyl groups is 1. The van der Waals surface area contributed by atoms with E-state index in [0.717, 1.165) is 55.1 Å². The van der Waals surface area contributed by atoms with Crippen LogP contribution in [-0.2, 0) is 10.4 Å². The number of carbonyl (C=O) groups excluding carboxylic acids is 2. The lowest BCUT2D eigenvalue weighted by molar-refractivity contribution is -0.261. The monoisotopic (exact) mass is 551 g/mol. The zero-order valence-electron chi connectivity index (χ0n) is 21.8. The zero-order valence-corrected chi connectivity index (χ0v) is 22.5. The fourth-order valence-electron chi connectivity index (χ4n) is 5.59. The van der Waals surface area contributed by atoms with Gasteiger partial charge in [-0.05, 0) is 55.2 Å². The maximum Gasteiger partial charge on any atom is 0.430 e. The first-order valence-electron chi connectivity index (χ1n) is 12.7. The van der Waals surface area contributed by atoms with Gasteiger partial charge in [0.15, 0.2) is 0 Å². The molecule has 4 rings (SSSR count). The molecule has 1 N–H and O–H groups in total. The second kappa shape index (κ2) is 10.4. The van der Waals surface area contributed by atoms with Gasteiger partial charge < -0.3 is 19.8 Å². The van der Waals surface area contributed by atoms with Crippen LogP contribution in [0.2, 0.25) is 5.02 Å². The summed E-state index contributed by atoms with van der Waals surface area (Å²) in [5.41, 5.74) is -2.53. The lowest BCUT2D eigenvalue weighted by Crippen LogP contribution is -2.55. The molecule has 2 atom stereocenters. The summed E-state index contributed by atoms with van der Waals surface area (Å²) in [6.45, 7) is 1.76. The second-order valence-electron chi connectivity index (χ2n) is 10.7. The van der Waals surface area contributed by atoms with Gasteiger partial charge in [-0.3, -0.25) is 9.59 Å². The average molecular weight is 552 g/mol. The van der Waals surface area contributed by atoms with E-state index in [9.17, 15) is 27.9 Å². The van der Waals surface area contributed by atoms with Crippen LogP contribution in [-0.4, -0.2) is 73.7 Å². The molecule has 1 unspecified atom stereocenters. The van der Waals surface area contributed by atoms with Gasteiger partial charge in [0.1, 0.15) is 0 Å². The van der Waals surface area contributed by atoms with E-state index in [1.165, 1.54) is 30.1 Å². The Morgan fingerprint density at radius 2 is 1.71 bits per heavy atom. The molecular weight excluding hydrogens is 519 g/mol. The second-order valence-corrected chi connectivity index (χ2v) is 11.1. The highest BCUT2D eigenvalue weighted by atomic mass is 35.5. The van der Waals surface area contributed by atoms with E-state index in [1.54, 1.807) is 20.2 Å². The fraction of sp³-hybridized carbons (Fsp3) is 0.500. The Bertz CT molecular complexity index is 1180. The summed E-state index contributed by atoms with van der Waals surface area (Å²) in [4.78, 5) is 29.8. The molecule has 1 saturated heterocycles. The number of amides is 2. The molecule has 1 aliphatic heterocycles. The van der Waals surface area contributed by atoms with Crippen molar-refractivity contribution in [3.8, 4) is 0 Å². The van der Waals surface area contributed by atoms with E-state index < -0.39 is 23.2 Å². The van der Waals surface area contributed by atoms with E-state index in [2.05, 4.69) is 4.90 Å². The molecule has 2 aromatic rings. The Labute approximate surface area is 226 Å². The van der Waals surface area contributed by atoms with Crippen molar-refractivity contribution in [1.29, 1.82) is 0 Å². The maximum atomic E-state index is 13.9. The van der Waals surface area contributed by atoms with Crippen molar-refractivity contribution in [2.24, 2.45) is 11.3 Å². The Kier molecular flexibility index (Phi) is 7.74. The number of likely N-dealkylation sites (N-methyl/N-ethyl adjacent to an activating group) is 1. The fourth-order valence-corrected chi connectivity index (χ4v) is 5.85. The van der Waals surface area contributed by atoms with Crippen molar-refractivity contribution in [2.75, 3.05) is 45.7 Å². The number of hydrogen-bond donors (Lipinski definition) is 1. The maximum absolute atomic E-state index is 13.9. The molecule has 2 aliphatic rings. The molecule has 2 amide bonds. The molecule has 0 radical (unpaired) electrons. The first-order valence-corrected chi connectivity index (χ1v) is 13.0. The summed E-state index contributed by atoms with van der Waals surface area (Å²) in [7, 11) is 4.67. The van der Waals surface area contributed by atoms with Crippen LogP contribution < -0.4 is 4.90 Å². The molecule has 1 heterocycles. The molecule has 1 aliphatic carbocycles. The molecule has 1 spiro atoms. The molecule has 206 valence electrons. The van der Waals surface area contributed by atoms with E-state index in [0.29, 0.717) is 22.9 Å². The lowest BCUT2D eigenvalue weighted by Gasteiger charge is -2.35. The third kappa shape index (κ3) is 5.23. The third-order valence-corrected chi connectivity index (χ3v) is 8.46. The van der Waals surface area contributed by atoms with Crippen LogP contribution >= 0.6 is 11.6 Å². The largest absolute Gasteiger partial charge is 0.430 e. The number of hydrogen-bond acceptors (Lipinski definition) is 4. The average Bonchev–Trinajstić information content (AvgIpc) is 3.57. The van der Waals surface area contributed by atoms with E-state index in [-0.39, 0.29) is 17.9 Å². The van der Waals surface area contributed by atoms with Gasteiger partial charge in [-0.2, -0.15) is 13.2 Å². The van der Waals surface area contributed by atoms with Crippen LogP contribution in [0.5, 0.6) is 0 Å². The van der Waals surface area contributed by atoms with Gasteiger partial charge in [-0.15, -0.1) is 0 Å². The normalized spacial score (nSPS) is 20.1. The van der Waals surface area contributed by atoms with Crippen molar-refractivity contribution in [3.63, 3.8) is 0 Å². The summed E-state index contributed by atoms with van der Waals surface area (Å²) in [6, 6.07) is 12.0. The lowest BCUT2D eigenvalue weighted by atomic mass is 9.89. The van der Waals surface area contributed by atoms with Crippen molar-refractivity contribution < 1.29 is 27.9 Å². The number of halogens is 4. The van der Waals surface area contributed by atoms with Crippen LogP contribution in [0.25, 0.3) is 0 Å². The van der Waals surface area contributed by atoms with Crippen LogP contribution in [0.15, 0.2) is 48.5 Å². The molecule has 0 aromatic heterocycles. The van der Waals surface area contributed by atoms with E-state index in [1.807, 2.05) is 12.1 Å². The predicted octanol–water partition coefficient (Wildman–Crippen LogP) is 4.95. The van der Waals surface area contributed by atoms with Crippen molar-refractivity contribution in [1.82, 2.24) is 9.80 Å². The molecule has 38 heavy (non-hydrogen) atoms. The number of nitrogens with zero attached hydrogens (tertiary/aromatic N) is 3. The van der Waals surface area contributed by atoms with Gasteiger partial charge in [-0.1, -0.05) is 41.9 Å². The Hall–Kier alpha value is -2.78. The van der Waals surface area contributed by atoms with Crippen LogP contribution in [0.3, 0.4) is 0 Å². The van der Waals surface area contributed by atoms with Gasteiger partial charge in [0.05, 0.1) is 10.6 Å². The highest BCUT2D eigenvalue weighted by molar-refractivity contribution is 6.34. The van der Waals surface area contributed by atoms with Crippen LogP contribution in [0.1, 0.15) is 41.6 Å². The van der Waals surface area contributed by atoms with E-state index in [4.69, 9.17) is 11.6 Å². The van der Waals surface area contributed by atoms with Gasteiger partial charge >= 0.3 is 6.18 Å². The van der Waals surface area contributed by atoms with Crippen LogP contribution in [0.4, 0.5) is 18.9 Å². The summed E-state index contributed by atoms with van der Waals surface area (Å²) in [5, 5.41) is 11.0. The van der Waals surface area contributed by atoms with Gasteiger partial charge in [-0.25, -0.2) is 0 Å². The van der Waals surface area contributed by atoms with Crippen molar-refractivity contribution in [3.05, 3.63) is 64.7 Å². The highest BCUT2D eigenvalue weighted by Gasteiger charge is 2.62. The smallest absolute Gasteiger partial charge is 0.371 e. The highest BCUT2D eigenvalue weighted by Crippen LogP contribution is 2.61. The number of alkyl halides is 3. The third-order valence-electron chi connectivity index (χ3n) is 8.14. The molecule has 10 heteroatoms. The number of carbonyl (C=O) groups is 2. The first-order chi connectivity index (χ1) is 17.8. The quantitative estimate of drug-likeness (QED) is 0.529. The van der Waals surface area contributed by atoms with Gasteiger partial charge in [0.2, 0.25) is 0 Å². The first kappa shape index (κ1) is 28.2. The standard InChI is InChI=1S/C28H33ClF3N3O3/c1-33(2)24(36)22-10-9-21(17-23(22)29)35-15-12-26(13-16-35)18-20(26)11-14-34(3)25(37)27(38,28(30,31)32)19-7-5-4-6-8-19/h4-10,17,20,38H,11-16,18H2,1-3H3/t20?,27-/m0/s1. The Balaban J connectivity index is 1.33. The van der Waals surface area contributed by atoms with Gasteiger partial charge in [0.25, 0.3) is 17.4 Å². The Morgan fingerprint density at radius 1 is 1.08 bits per heavy atom. The molecule has 6 nitrogen and oxygen atoms in total. The summed E-state index contributed by atoms with van der Waals surface area (Å²) < 4.78 is 41.6. The molecule has 0 bridgehead atoms. The number of benzene rings is 2. The topological polar surface area (TPSA) is 64.1 Å². The van der Waals surface area contributed by atoms with Gasteiger partial charge in [0, 0.05) is 52.0 Å². The molecule has 2 aromatic carbocycles. The van der Waals surface area contributed by atoms with E-state index >= 15 is 0 Å². The minimum atomic E-state index is -5.14. The van der Waals surface area contributed by atoms with Crippen LogP contribution in [0, 0.1) is 11.3 Å².